The van der Waals surface area contributed by atoms with Gasteiger partial charge in [-0.1, -0.05) is 11.6 Å². The SMILES string of the molecule is CC(C)=CCCC(C)(O)C1OC1O. The number of hydrogen-bond donors (Lipinski definition) is 2. The summed E-state index contributed by atoms with van der Waals surface area (Å²) in [6, 6.07) is 0. The maximum atomic E-state index is 9.82. The number of epoxide rings is 1. The van der Waals surface area contributed by atoms with Crippen LogP contribution in [0.3, 0.4) is 0 Å². The lowest BCUT2D eigenvalue weighted by atomic mass is 9.95. The van der Waals surface area contributed by atoms with Crippen LogP contribution >= 0.6 is 0 Å². The van der Waals surface area contributed by atoms with Crippen LogP contribution in [0, 0.1) is 0 Å². The van der Waals surface area contributed by atoms with Gasteiger partial charge < -0.3 is 14.9 Å². The minimum Gasteiger partial charge on any atom is -0.387 e. The van der Waals surface area contributed by atoms with Crippen molar-refractivity contribution in [2.75, 3.05) is 0 Å². The maximum Gasteiger partial charge on any atom is 0.184 e. The molecule has 3 heteroatoms. The monoisotopic (exact) mass is 186 g/mol. The van der Waals surface area contributed by atoms with Gasteiger partial charge in [-0.3, -0.25) is 0 Å². The van der Waals surface area contributed by atoms with Crippen molar-refractivity contribution < 1.29 is 14.9 Å². The number of allylic oxidation sites excluding steroid dienone is 2. The van der Waals surface area contributed by atoms with Gasteiger partial charge in [0.25, 0.3) is 0 Å². The molecular formula is C10H18O3. The highest BCUT2D eigenvalue weighted by Crippen LogP contribution is 2.33. The van der Waals surface area contributed by atoms with Gasteiger partial charge in [-0.05, 0) is 33.6 Å². The quantitative estimate of drug-likeness (QED) is 0.512. The van der Waals surface area contributed by atoms with Crippen LogP contribution in [0.4, 0.5) is 0 Å². The van der Waals surface area contributed by atoms with Gasteiger partial charge in [0.05, 0.1) is 5.60 Å². The minimum absolute atomic E-state index is 0.391. The van der Waals surface area contributed by atoms with Gasteiger partial charge in [0.2, 0.25) is 0 Å². The summed E-state index contributed by atoms with van der Waals surface area (Å²) in [4.78, 5) is 0. The van der Waals surface area contributed by atoms with E-state index in [2.05, 4.69) is 6.08 Å². The first kappa shape index (κ1) is 10.7. The van der Waals surface area contributed by atoms with Crippen molar-refractivity contribution in [2.45, 2.75) is 51.6 Å². The molecule has 1 aliphatic rings. The Hall–Kier alpha value is -0.380. The lowest BCUT2D eigenvalue weighted by Gasteiger charge is -2.19. The van der Waals surface area contributed by atoms with Crippen molar-refractivity contribution in [3.05, 3.63) is 11.6 Å². The van der Waals surface area contributed by atoms with Crippen molar-refractivity contribution in [1.82, 2.24) is 0 Å². The standard InChI is InChI=1S/C10H18O3/c1-7(2)5-4-6-10(3,12)8-9(11)13-8/h5,8-9,11-12H,4,6H2,1-3H3. The number of aliphatic hydroxyl groups excluding tert-OH is 1. The van der Waals surface area contributed by atoms with E-state index in [-0.39, 0.29) is 0 Å². The van der Waals surface area contributed by atoms with E-state index in [0.29, 0.717) is 6.42 Å². The Kier molecular flexibility index (Phi) is 3.11. The zero-order chi connectivity index (χ0) is 10.1. The van der Waals surface area contributed by atoms with Crippen LogP contribution in [-0.2, 0) is 4.74 Å². The Morgan fingerprint density at radius 2 is 2.08 bits per heavy atom. The lowest BCUT2D eigenvalue weighted by molar-refractivity contribution is 0.0221. The Morgan fingerprint density at radius 1 is 1.54 bits per heavy atom. The van der Waals surface area contributed by atoms with Crippen LogP contribution < -0.4 is 0 Å². The summed E-state index contributed by atoms with van der Waals surface area (Å²) in [7, 11) is 0. The topological polar surface area (TPSA) is 53.0 Å². The summed E-state index contributed by atoms with van der Waals surface area (Å²) < 4.78 is 4.82. The number of hydrogen-bond acceptors (Lipinski definition) is 3. The van der Waals surface area contributed by atoms with E-state index in [1.807, 2.05) is 13.8 Å². The van der Waals surface area contributed by atoms with E-state index in [1.54, 1.807) is 6.92 Å². The van der Waals surface area contributed by atoms with Crippen LogP contribution in [0.1, 0.15) is 33.6 Å². The maximum absolute atomic E-state index is 9.82. The summed E-state index contributed by atoms with van der Waals surface area (Å²) in [6.07, 6.45) is 2.37. The third kappa shape index (κ3) is 3.10. The third-order valence-electron chi connectivity index (χ3n) is 2.28. The molecule has 3 nitrogen and oxygen atoms in total. The van der Waals surface area contributed by atoms with Crippen LogP contribution in [-0.4, -0.2) is 28.2 Å². The first-order valence-electron chi connectivity index (χ1n) is 4.63. The molecule has 1 aliphatic heterocycles. The molecule has 1 fully saturated rings. The van der Waals surface area contributed by atoms with Gasteiger partial charge in [-0.15, -0.1) is 0 Å². The van der Waals surface area contributed by atoms with Crippen LogP contribution in [0.25, 0.3) is 0 Å². The Bertz CT molecular complexity index is 204. The Labute approximate surface area is 79.0 Å². The fourth-order valence-electron chi connectivity index (χ4n) is 1.35. The predicted molar refractivity (Wildman–Crippen MR) is 50.2 cm³/mol. The molecule has 1 saturated heterocycles. The highest BCUT2D eigenvalue weighted by molar-refractivity contribution is 4.98. The largest absolute Gasteiger partial charge is 0.387 e. The van der Waals surface area contributed by atoms with Gasteiger partial charge in [0.15, 0.2) is 6.29 Å². The number of rotatable bonds is 4. The van der Waals surface area contributed by atoms with E-state index in [4.69, 9.17) is 9.84 Å². The van der Waals surface area contributed by atoms with Gasteiger partial charge in [-0.25, -0.2) is 0 Å². The second-order valence-electron chi connectivity index (χ2n) is 4.12. The molecule has 1 heterocycles. The molecule has 0 aliphatic carbocycles. The van der Waals surface area contributed by atoms with Crippen molar-refractivity contribution >= 4 is 0 Å². The average molecular weight is 186 g/mol. The fourth-order valence-corrected chi connectivity index (χ4v) is 1.35. The lowest BCUT2D eigenvalue weighted by Crippen LogP contribution is -2.32. The molecule has 0 bridgehead atoms. The van der Waals surface area contributed by atoms with Crippen molar-refractivity contribution in [3.63, 3.8) is 0 Å². The van der Waals surface area contributed by atoms with E-state index in [9.17, 15) is 5.11 Å². The van der Waals surface area contributed by atoms with E-state index >= 15 is 0 Å². The van der Waals surface area contributed by atoms with Crippen LogP contribution in [0.15, 0.2) is 11.6 Å². The van der Waals surface area contributed by atoms with Crippen molar-refractivity contribution in [1.29, 1.82) is 0 Å². The Balaban J connectivity index is 2.31. The average Bonchev–Trinajstić information content (AvgIpc) is 2.66. The molecule has 0 radical (unpaired) electrons. The van der Waals surface area contributed by atoms with Gasteiger partial charge in [0, 0.05) is 0 Å². The van der Waals surface area contributed by atoms with E-state index in [1.165, 1.54) is 5.57 Å². The van der Waals surface area contributed by atoms with Gasteiger partial charge >= 0.3 is 0 Å². The summed E-state index contributed by atoms with van der Waals surface area (Å²) in [5.41, 5.74) is 0.346. The zero-order valence-corrected chi connectivity index (χ0v) is 8.45. The zero-order valence-electron chi connectivity index (χ0n) is 8.45. The van der Waals surface area contributed by atoms with E-state index < -0.39 is 18.0 Å². The molecule has 0 spiro atoms. The molecule has 0 aromatic heterocycles. The van der Waals surface area contributed by atoms with Crippen molar-refractivity contribution in [3.8, 4) is 0 Å². The summed E-state index contributed by atoms with van der Waals surface area (Å²) in [6.45, 7) is 5.75. The molecule has 76 valence electrons. The molecule has 0 aromatic rings. The molecule has 1 rings (SSSR count). The summed E-state index contributed by atoms with van der Waals surface area (Å²) in [5, 5.41) is 18.8. The van der Waals surface area contributed by atoms with Gasteiger partial charge in [0.1, 0.15) is 6.10 Å². The predicted octanol–water partition coefficient (Wildman–Crippen LogP) is 1.20. The molecule has 13 heavy (non-hydrogen) atoms. The molecule has 3 unspecified atom stereocenters. The fraction of sp³-hybridized carbons (Fsp3) is 0.800. The number of ether oxygens (including phenoxy) is 1. The van der Waals surface area contributed by atoms with Crippen molar-refractivity contribution in [2.24, 2.45) is 0 Å². The van der Waals surface area contributed by atoms with Crippen LogP contribution in [0.5, 0.6) is 0 Å². The summed E-state index contributed by atoms with van der Waals surface area (Å²) in [5.74, 6) is 0. The molecular weight excluding hydrogens is 168 g/mol. The highest BCUT2D eigenvalue weighted by atomic mass is 16.7. The van der Waals surface area contributed by atoms with Crippen LogP contribution in [0.2, 0.25) is 0 Å². The molecule has 0 aromatic carbocycles. The first-order valence-corrected chi connectivity index (χ1v) is 4.63. The van der Waals surface area contributed by atoms with Gasteiger partial charge in [-0.2, -0.15) is 0 Å². The smallest absolute Gasteiger partial charge is 0.184 e. The number of aliphatic hydroxyl groups is 2. The Morgan fingerprint density at radius 3 is 2.46 bits per heavy atom. The second-order valence-corrected chi connectivity index (χ2v) is 4.12. The molecule has 0 amide bonds. The second kappa shape index (κ2) is 3.78. The third-order valence-corrected chi connectivity index (χ3v) is 2.28. The molecule has 3 atom stereocenters. The summed E-state index contributed by atoms with van der Waals surface area (Å²) >= 11 is 0. The highest BCUT2D eigenvalue weighted by Gasteiger charge is 2.50. The molecule has 2 N–H and O–H groups in total. The molecule has 0 saturated carbocycles. The normalized spacial score (nSPS) is 30.8. The van der Waals surface area contributed by atoms with E-state index in [0.717, 1.165) is 6.42 Å². The minimum atomic E-state index is -0.897. The first-order chi connectivity index (χ1) is 5.93.